The molecule has 19 heavy (non-hydrogen) atoms. The molecule has 0 saturated heterocycles. The first-order valence-electron chi connectivity index (χ1n) is 5.93. The van der Waals surface area contributed by atoms with Crippen LogP contribution in [0.3, 0.4) is 0 Å². The lowest BCUT2D eigenvalue weighted by Gasteiger charge is -2.10. The van der Waals surface area contributed by atoms with Gasteiger partial charge in [0.2, 0.25) is 0 Å². The van der Waals surface area contributed by atoms with E-state index in [1.807, 2.05) is 49.4 Å². The fourth-order valence-electron chi connectivity index (χ4n) is 1.83. The Kier molecular flexibility index (Phi) is 4.40. The van der Waals surface area contributed by atoms with Crippen LogP contribution < -0.4 is 10.9 Å². The number of hydrazine groups is 1. The molecular weight excluding hydrogens is 258 g/mol. The number of hydrogen-bond donors (Lipinski definition) is 2. The molecule has 2 aromatic rings. The molecule has 0 fully saturated rings. The number of para-hydroxylation sites is 1. The van der Waals surface area contributed by atoms with Gasteiger partial charge in [-0.15, -0.1) is 0 Å². The lowest BCUT2D eigenvalue weighted by atomic mass is 10.1. The first-order valence-corrected chi connectivity index (χ1v) is 6.31. The molecule has 0 bridgehead atoms. The number of anilines is 1. The van der Waals surface area contributed by atoms with E-state index < -0.39 is 0 Å². The molecule has 2 N–H and O–H groups in total. The van der Waals surface area contributed by atoms with E-state index in [1.54, 1.807) is 0 Å². The van der Waals surface area contributed by atoms with E-state index in [0.717, 1.165) is 16.8 Å². The van der Waals surface area contributed by atoms with Gasteiger partial charge >= 0.3 is 0 Å². The van der Waals surface area contributed by atoms with Crippen LogP contribution in [0.4, 0.5) is 5.69 Å². The Morgan fingerprint density at radius 1 is 1.21 bits per heavy atom. The summed E-state index contributed by atoms with van der Waals surface area (Å²) in [7, 11) is 0. The third-order valence-electron chi connectivity index (χ3n) is 2.66. The Balaban J connectivity index is 1.98. The second kappa shape index (κ2) is 6.24. The summed E-state index contributed by atoms with van der Waals surface area (Å²) in [5.74, 6) is 0. The van der Waals surface area contributed by atoms with E-state index in [2.05, 4.69) is 16.9 Å². The lowest BCUT2D eigenvalue weighted by Crippen LogP contribution is -2.21. The molecule has 0 saturated carbocycles. The van der Waals surface area contributed by atoms with Crippen molar-refractivity contribution in [2.45, 2.75) is 13.5 Å². The van der Waals surface area contributed by atoms with Crippen LogP contribution >= 0.6 is 11.6 Å². The van der Waals surface area contributed by atoms with Gasteiger partial charge in [-0.25, -0.2) is 5.43 Å². The fraction of sp³-hybridized carbons (Fsp3) is 0.133. The highest BCUT2D eigenvalue weighted by atomic mass is 35.5. The molecule has 2 rings (SSSR count). The summed E-state index contributed by atoms with van der Waals surface area (Å²) in [5.41, 5.74) is 9.78. The first kappa shape index (κ1) is 13.4. The van der Waals surface area contributed by atoms with Gasteiger partial charge in [0.15, 0.2) is 0 Å². The quantitative estimate of drug-likeness (QED) is 0.835. The van der Waals surface area contributed by atoms with Gasteiger partial charge in [-0.05, 0) is 42.3 Å². The average Bonchev–Trinajstić information content (AvgIpc) is 2.40. The van der Waals surface area contributed by atoms with Crippen LogP contribution in [0.15, 0.2) is 42.5 Å². The van der Waals surface area contributed by atoms with E-state index >= 15 is 0 Å². The van der Waals surface area contributed by atoms with E-state index in [4.69, 9.17) is 16.9 Å². The topological polar surface area (TPSA) is 47.9 Å². The van der Waals surface area contributed by atoms with Gasteiger partial charge in [0.25, 0.3) is 0 Å². The van der Waals surface area contributed by atoms with Crippen LogP contribution in [0.25, 0.3) is 0 Å². The predicted octanol–water partition coefficient (Wildman–Crippen LogP) is 3.64. The second-order valence-corrected chi connectivity index (χ2v) is 4.68. The molecule has 0 heterocycles. The van der Waals surface area contributed by atoms with Gasteiger partial charge in [0.1, 0.15) is 0 Å². The summed E-state index contributed by atoms with van der Waals surface area (Å²) in [6, 6.07) is 15.5. The molecule has 0 amide bonds. The third kappa shape index (κ3) is 3.72. The van der Waals surface area contributed by atoms with E-state index in [1.165, 1.54) is 0 Å². The molecular formula is C15H14ClN3. The molecule has 0 aliphatic heterocycles. The molecule has 0 aromatic heterocycles. The number of nitrogens with zero attached hydrogens (tertiary/aromatic N) is 1. The summed E-state index contributed by atoms with van der Waals surface area (Å²) < 4.78 is 0. The minimum atomic E-state index is 0.613. The maximum absolute atomic E-state index is 8.92. The summed E-state index contributed by atoms with van der Waals surface area (Å²) in [4.78, 5) is 0. The number of halogens is 1. The standard InChI is InChI=1S/C15H14ClN3/c1-11-6-12(9-17)8-13(7-11)10-18-19-15-5-3-2-4-14(15)16/h2-8,18-19H,10H2,1H3. The zero-order chi connectivity index (χ0) is 13.7. The van der Waals surface area contributed by atoms with Crippen molar-refractivity contribution in [3.05, 3.63) is 64.2 Å². The van der Waals surface area contributed by atoms with Crippen molar-refractivity contribution < 1.29 is 0 Å². The Labute approximate surface area is 117 Å². The first-order chi connectivity index (χ1) is 9.19. The summed E-state index contributed by atoms with van der Waals surface area (Å²) in [5, 5.41) is 9.59. The predicted molar refractivity (Wildman–Crippen MR) is 77.8 cm³/mol. The van der Waals surface area contributed by atoms with Gasteiger partial charge in [-0.1, -0.05) is 29.8 Å². The molecule has 2 aromatic carbocycles. The lowest BCUT2D eigenvalue weighted by molar-refractivity contribution is 0.800. The number of rotatable bonds is 4. The Morgan fingerprint density at radius 2 is 2.00 bits per heavy atom. The van der Waals surface area contributed by atoms with Gasteiger partial charge in [-0.3, -0.25) is 0 Å². The summed E-state index contributed by atoms with van der Waals surface area (Å²) >= 11 is 6.03. The summed E-state index contributed by atoms with van der Waals surface area (Å²) in [6.07, 6.45) is 0. The van der Waals surface area contributed by atoms with Crippen molar-refractivity contribution in [3.63, 3.8) is 0 Å². The van der Waals surface area contributed by atoms with Crippen molar-refractivity contribution in [2.75, 3.05) is 5.43 Å². The average molecular weight is 272 g/mol. The zero-order valence-electron chi connectivity index (χ0n) is 10.6. The molecule has 4 heteroatoms. The van der Waals surface area contributed by atoms with Gasteiger partial charge in [0, 0.05) is 6.54 Å². The molecule has 0 aliphatic rings. The van der Waals surface area contributed by atoms with Crippen molar-refractivity contribution >= 4 is 17.3 Å². The van der Waals surface area contributed by atoms with Crippen molar-refractivity contribution in [1.82, 2.24) is 5.43 Å². The van der Waals surface area contributed by atoms with Crippen LogP contribution in [0.1, 0.15) is 16.7 Å². The fourth-order valence-corrected chi connectivity index (χ4v) is 2.02. The van der Waals surface area contributed by atoms with Gasteiger partial charge < -0.3 is 5.43 Å². The van der Waals surface area contributed by atoms with E-state index in [0.29, 0.717) is 17.1 Å². The van der Waals surface area contributed by atoms with Gasteiger partial charge in [0.05, 0.1) is 22.3 Å². The van der Waals surface area contributed by atoms with E-state index in [9.17, 15) is 0 Å². The van der Waals surface area contributed by atoms with Crippen molar-refractivity contribution in [2.24, 2.45) is 0 Å². The van der Waals surface area contributed by atoms with Crippen LogP contribution in [-0.2, 0) is 6.54 Å². The maximum Gasteiger partial charge on any atom is 0.0991 e. The SMILES string of the molecule is Cc1cc(C#N)cc(CNNc2ccccc2Cl)c1. The Bertz CT molecular complexity index is 617. The molecule has 0 aliphatic carbocycles. The monoisotopic (exact) mass is 271 g/mol. The van der Waals surface area contributed by atoms with Crippen LogP contribution in [0.2, 0.25) is 5.02 Å². The second-order valence-electron chi connectivity index (χ2n) is 4.28. The minimum absolute atomic E-state index is 0.613. The Morgan fingerprint density at radius 3 is 2.74 bits per heavy atom. The Hall–Kier alpha value is -2.02. The highest BCUT2D eigenvalue weighted by molar-refractivity contribution is 6.33. The molecule has 0 atom stereocenters. The number of nitrogens with one attached hydrogen (secondary N) is 2. The van der Waals surface area contributed by atoms with Crippen molar-refractivity contribution in [3.8, 4) is 6.07 Å². The van der Waals surface area contributed by atoms with Crippen LogP contribution in [0, 0.1) is 18.3 Å². The normalized spacial score (nSPS) is 9.95. The smallest absolute Gasteiger partial charge is 0.0991 e. The molecule has 0 spiro atoms. The minimum Gasteiger partial charge on any atom is -0.320 e. The van der Waals surface area contributed by atoms with Crippen LogP contribution in [-0.4, -0.2) is 0 Å². The van der Waals surface area contributed by atoms with Crippen LogP contribution in [0.5, 0.6) is 0 Å². The van der Waals surface area contributed by atoms with E-state index in [-0.39, 0.29) is 0 Å². The summed E-state index contributed by atoms with van der Waals surface area (Å²) in [6.45, 7) is 2.59. The third-order valence-corrected chi connectivity index (χ3v) is 2.99. The number of nitriles is 1. The van der Waals surface area contributed by atoms with Crippen molar-refractivity contribution in [1.29, 1.82) is 5.26 Å². The molecule has 96 valence electrons. The highest BCUT2D eigenvalue weighted by Gasteiger charge is 2.00. The zero-order valence-corrected chi connectivity index (χ0v) is 11.3. The highest BCUT2D eigenvalue weighted by Crippen LogP contribution is 2.19. The van der Waals surface area contributed by atoms with Gasteiger partial charge in [-0.2, -0.15) is 5.26 Å². The number of benzene rings is 2. The molecule has 0 unspecified atom stereocenters. The number of aryl methyl sites for hydroxylation is 1. The largest absolute Gasteiger partial charge is 0.320 e. The maximum atomic E-state index is 8.92. The molecule has 0 radical (unpaired) electrons. The molecule has 3 nitrogen and oxygen atoms in total. The number of hydrogen-bond acceptors (Lipinski definition) is 3.